The molecule has 0 unspecified atom stereocenters. The zero-order valence-corrected chi connectivity index (χ0v) is 16.4. The maximum absolute atomic E-state index is 12.3. The van der Waals surface area contributed by atoms with Crippen molar-refractivity contribution in [3.63, 3.8) is 0 Å². The molecular formula is C21H27N3O3. The van der Waals surface area contributed by atoms with E-state index in [0.29, 0.717) is 0 Å². The first-order chi connectivity index (χ1) is 12.8. The minimum atomic E-state index is -0.0878. The van der Waals surface area contributed by atoms with Gasteiger partial charge in [0.1, 0.15) is 11.5 Å². The maximum atomic E-state index is 12.3. The molecular weight excluding hydrogens is 342 g/mol. The Morgan fingerprint density at radius 1 is 1.26 bits per heavy atom. The zero-order chi connectivity index (χ0) is 19.6. The summed E-state index contributed by atoms with van der Waals surface area (Å²) in [5.41, 5.74) is 3.18. The van der Waals surface area contributed by atoms with Gasteiger partial charge in [-0.05, 0) is 49.4 Å². The number of aromatic nitrogens is 2. The van der Waals surface area contributed by atoms with Crippen LogP contribution in [0.5, 0.6) is 5.75 Å². The van der Waals surface area contributed by atoms with E-state index in [4.69, 9.17) is 4.74 Å². The summed E-state index contributed by atoms with van der Waals surface area (Å²) in [6.45, 7) is 5.92. The summed E-state index contributed by atoms with van der Waals surface area (Å²) >= 11 is 0. The van der Waals surface area contributed by atoms with E-state index in [0.717, 1.165) is 35.5 Å². The topological polar surface area (TPSA) is 73.2 Å². The van der Waals surface area contributed by atoms with Gasteiger partial charge in [0.25, 0.3) is 0 Å². The van der Waals surface area contributed by atoms with Crippen LogP contribution in [-0.4, -0.2) is 28.6 Å². The molecule has 1 atom stereocenters. The van der Waals surface area contributed by atoms with Crippen LogP contribution in [0.3, 0.4) is 0 Å². The predicted octanol–water partition coefficient (Wildman–Crippen LogP) is 3.38. The van der Waals surface area contributed by atoms with Crippen LogP contribution in [0.25, 0.3) is 5.69 Å². The summed E-state index contributed by atoms with van der Waals surface area (Å²) in [5.74, 6) is 0.744. The van der Waals surface area contributed by atoms with Crippen LogP contribution in [0.4, 0.5) is 0 Å². The zero-order valence-electron chi connectivity index (χ0n) is 16.4. The van der Waals surface area contributed by atoms with Crippen LogP contribution in [0.1, 0.15) is 57.3 Å². The monoisotopic (exact) mass is 369 g/mol. The van der Waals surface area contributed by atoms with Crippen molar-refractivity contribution in [2.24, 2.45) is 5.41 Å². The van der Waals surface area contributed by atoms with Crippen molar-refractivity contribution < 1.29 is 14.3 Å². The molecule has 6 heteroatoms. The van der Waals surface area contributed by atoms with Crippen LogP contribution in [0, 0.1) is 5.41 Å². The first-order valence-electron chi connectivity index (χ1n) is 9.29. The first-order valence-corrected chi connectivity index (χ1v) is 9.29. The van der Waals surface area contributed by atoms with E-state index in [9.17, 15) is 9.59 Å². The van der Waals surface area contributed by atoms with Gasteiger partial charge < -0.3 is 14.8 Å². The highest BCUT2D eigenvalue weighted by atomic mass is 16.5. The number of nitrogens with zero attached hydrogens (tertiary/aromatic N) is 2. The SMILES string of the molecule is COc1ccc(-n2ncc3c2CC(C)(C)C[C@@H]3NC(=O)CCC(C)=O)cc1. The highest BCUT2D eigenvalue weighted by Crippen LogP contribution is 2.41. The highest BCUT2D eigenvalue weighted by Gasteiger charge is 2.35. The standard InChI is InChI=1S/C21H27N3O3/c1-14(25)5-10-20(26)23-18-11-21(2,3)12-19-17(18)13-22-24(19)15-6-8-16(27-4)9-7-15/h6-9,13,18H,5,10-12H2,1-4H3,(H,23,26)/t18-/m0/s1. The normalized spacial score (nSPS) is 17.9. The third-order valence-electron chi connectivity index (χ3n) is 5.04. The lowest BCUT2D eigenvalue weighted by Crippen LogP contribution is -2.36. The average molecular weight is 369 g/mol. The van der Waals surface area contributed by atoms with E-state index >= 15 is 0 Å². The van der Waals surface area contributed by atoms with Gasteiger partial charge in [-0.1, -0.05) is 13.8 Å². The summed E-state index contributed by atoms with van der Waals surface area (Å²) in [5, 5.41) is 7.70. The summed E-state index contributed by atoms with van der Waals surface area (Å²) < 4.78 is 7.18. The van der Waals surface area contributed by atoms with Gasteiger partial charge in [-0.2, -0.15) is 5.10 Å². The fourth-order valence-electron chi connectivity index (χ4n) is 3.67. The molecule has 1 aliphatic carbocycles. The predicted molar refractivity (Wildman–Crippen MR) is 103 cm³/mol. The van der Waals surface area contributed by atoms with Crippen molar-refractivity contribution in [3.8, 4) is 11.4 Å². The molecule has 0 spiro atoms. The Hall–Kier alpha value is -2.63. The van der Waals surface area contributed by atoms with Crippen molar-refractivity contribution in [2.75, 3.05) is 7.11 Å². The number of carbonyl (C=O) groups excluding carboxylic acids is 2. The minimum Gasteiger partial charge on any atom is -0.497 e. The van der Waals surface area contributed by atoms with E-state index in [1.54, 1.807) is 7.11 Å². The summed E-state index contributed by atoms with van der Waals surface area (Å²) in [6.07, 6.45) is 4.09. The lowest BCUT2D eigenvalue weighted by atomic mass is 9.74. The van der Waals surface area contributed by atoms with Crippen molar-refractivity contribution in [1.82, 2.24) is 15.1 Å². The molecule has 144 valence electrons. The van der Waals surface area contributed by atoms with Crippen LogP contribution < -0.4 is 10.1 Å². The number of benzene rings is 1. The largest absolute Gasteiger partial charge is 0.497 e. The molecule has 0 saturated heterocycles. The number of hydrogen-bond donors (Lipinski definition) is 1. The maximum Gasteiger partial charge on any atom is 0.220 e. The summed E-state index contributed by atoms with van der Waals surface area (Å²) in [7, 11) is 1.65. The third kappa shape index (κ3) is 4.38. The van der Waals surface area contributed by atoms with Gasteiger partial charge in [0, 0.05) is 18.4 Å². The van der Waals surface area contributed by atoms with Gasteiger partial charge in [0.05, 0.1) is 30.7 Å². The number of methoxy groups -OCH3 is 1. The van der Waals surface area contributed by atoms with E-state index < -0.39 is 0 Å². The Morgan fingerprint density at radius 3 is 2.59 bits per heavy atom. The Morgan fingerprint density at radius 2 is 1.96 bits per heavy atom. The first kappa shape index (κ1) is 19.1. The fraction of sp³-hybridized carbons (Fsp3) is 0.476. The Kier molecular flexibility index (Phi) is 5.35. The molecule has 2 aromatic rings. The number of hydrogen-bond acceptors (Lipinski definition) is 4. The van der Waals surface area contributed by atoms with Gasteiger partial charge in [-0.15, -0.1) is 0 Å². The molecule has 6 nitrogen and oxygen atoms in total. The molecule has 1 heterocycles. The van der Waals surface area contributed by atoms with Crippen molar-refractivity contribution in [2.45, 2.75) is 52.5 Å². The van der Waals surface area contributed by atoms with Gasteiger partial charge in [0.15, 0.2) is 0 Å². The quantitative estimate of drug-likeness (QED) is 0.847. The van der Waals surface area contributed by atoms with Crippen molar-refractivity contribution in [1.29, 1.82) is 0 Å². The number of Topliss-reactive ketones (excluding diaryl/α,β-unsaturated/α-hetero) is 1. The van der Waals surface area contributed by atoms with Gasteiger partial charge in [0.2, 0.25) is 5.91 Å². The Labute approximate surface area is 159 Å². The lowest BCUT2D eigenvalue weighted by Gasteiger charge is -2.36. The molecule has 0 bridgehead atoms. The van der Waals surface area contributed by atoms with Crippen molar-refractivity contribution >= 4 is 11.7 Å². The second kappa shape index (κ2) is 7.55. The molecule has 1 amide bonds. The van der Waals surface area contributed by atoms with Crippen molar-refractivity contribution in [3.05, 3.63) is 41.7 Å². The molecule has 3 rings (SSSR count). The molecule has 0 saturated carbocycles. The molecule has 1 aliphatic rings. The van der Waals surface area contributed by atoms with Gasteiger partial charge in [-0.25, -0.2) is 4.68 Å². The average Bonchev–Trinajstić information content (AvgIpc) is 3.02. The summed E-state index contributed by atoms with van der Waals surface area (Å²) in [6, 6.07) is 7.70. The number of carbonyl (C=O) groups is 2. The van der Waals surface area contributed by atoms with Crippen LogP contribution in [-0.2, 0) is 16.0 Å². The third-order valence-corrected chi connectivity index (χ3v) is 5.04. The Bertz CT molecular complexity index is 837. The fourth-order valence-corrected chi connectivity index (χ4v) is 3.67. The number of ketones is 1. The second-order valence-electron chi connectivity index (χ2n) is 8.02. The molecule has 0 radical (unpaired) electrons. The molecule has 1 aromatic carbocycles. The molecule has 27 heavy (non-hydrogen) atoms. The molecule has 1 N–H and O–H groups in total. The lowest BCUT2D eigenvalue weighted by molar-refractivity contribution is -0.125. The van der Waals surface area contributed by atoms with E-state index in [-0.39, 0.29) is 36.0 Å². The van der Waals surface area contributed by atoms with Gasteiger partial charge in [-0.3, -0.25) is 4.79 Å². The molecule has 0 fully saturated rings. The van der Waals surface area contributed by atoms with Gasteiger partial charge >= 0.3 is 0 Å². The number of rotatable bonds is 6. The molecule has 1 aromatic heterocycles. The van der Waals surface area contributed by atoms with Crippen LogP contribution in [0.15, 0.2) is 30.5 Å². The van der Waals surface area contributed by atoms with Crippen LogP contribution >= 0.6 is 0 Å². The number of ether oxygens (including phenoxy) is 1. The van der Waals surface area contributed by atoms with E-state index in [1.165, 1.54) is 6.92 Å². The van der Waals surface area contributed by atoms with Crippen LogP contribution in [0.2, 0.25) is 0 Å². The van der Waals surface area contributed by atoms with E-state index in [2.05, 4.69) is 24.3 Å². The number of nitrogens with one attached hydrogen (secondary N) is 1. The smallest absolute Gasteiger partial charge is 0.220 e. The number of fused-ring (bicyclic) bond motifs is 1. The summed E-state index contributed by atoms with van der Waals surface area (Å²) in [4.78, 5) is 23.4. The Balaban J connectivity index is 1.87. The minimum absolute atomic E-state index is 0.0298. The molecule has 0 aliphatic heterocycles. The number of amides is 1. The highest BCUT2D eigenvalue weighted by molar-refractivity contribution is 5.83. The van der Waals surface area contributed by atoms with E-state index in [1.807, 2.05) is 35.1 Å². The second-order valence-corrected chi connectivity index (χ2v) is 8.02.